The second-order valence-corrected chi connectivity index (χ2v) is 9.13. The maximum atomic E-state index is 13.5. The van der Waals surface area contributed by atoms with Crippen molar-refractivity contribution in [2.24, 2.45) is 0 Å². The van der Waals surface area contributed by atoms with Gasteiger partial charge in [0.15, 0.2) is 0 Å². The van der Waals surface area contributed by atoms with Crippen molar-refractivity contribution in [2.75, 3.05) is 4.90 Å². The molecular formula is C25H27N3O3. The summed E-state index contributed by atoms with van der Waals surface area (Å²) in [7, 11) is 0. The lowest BCUT2D eigenvalue weighted by Crippen LogP contribution is -2.52. The maximum Gasteiger partial charge on any atom is 0.326 e. The fourth-order valence-corrected chi connectivity index (χ4v) is 5.30. The van der Waals surface area contributed by atoms with E-state index in [4.69, 9.17) is 0 Å². The number of carbonyl (C=O) groups excluding carboxylic acids is 3. The molecule has 2 aromatic carbocycles. The van der Waals surface area contributed by atoms with E-state index in [-0.39, 0.29) is 17.9 Å². The summed E-state index contributed by atoms with van der Waals surface area (Å²) in [6.45, 7) is 5.36. The number of hydrogen-bond donors (Lipinski definition) is 1. The predicted molar refractivity (Wildman–Crippen MR) is 118 cm³/mol. The molecule has 1 N–H and O–H groups in total. The molecule has 31 heavy (non-hydrogen) atoms. The molecule has 0 spiro atoms. The van der Waals surface area contributed by atoms with E-state index in [0.29, 0.717) is 0 Å². The Morgan fingerprint density at radius 3 is 2.65 bits per heavy atom. The van der Waals surface area contributed by atoms with Crippen molar-refractivity contribution in [1.82, 2.24) is 10.2 Å². The molecule has 2 aromatic rings. The second-order valence-electron chi connectivity index (χ2n) is 9.13. The lowest BCUT2D eigenvalue weighted by atomic mass is 9.89. The first-order valence-corrected chi connectivity index (χ1v) is 11.0. The molecular weight excluding hydrogens is 390 g/mol. The van der Waals surface area contributed by atoms with Gasteiger partial charge in [0.05, 0.1) is 0 Å². The van der Waals surface area contributed by atoms with Crippen LogP contribution in [0.5, 0.6) is 0 Å². The van der Waals surface area contributed by atoms with Gasteiger partial charge in [0.25, 0.3) is 5.91 Å². The molecule has 3 atom stereocenters. The number of rotatable bonds is 3. The van der Waals surface area contributed by atoms with Crippen LogP contribution in [0.25, 0.3) is 0 Å². The highest BCUT2D eigenvalue weighted by Gasteiger charge is 2.53. The average Bonchev–Trinajstić information content (AvgIpc) is 3.41. The van der Waals surface area contributed by atoms with Crippen LogP contribution < -0.4 is 10.2 Å². The minimum Gasteiger partial charge on any atom is -0.319 e. The van der Waals surface area contributed by atoms with Gasteiger partial charge >= 0.3 is 6.03 Å². The summed E-state index contributed by atoms with van der Waals surface area (Å²) in [4.78, 5) is 42.7. The van der Waals surface area contributed by atoms with Crippen LogP contribution in [0.2, 0.25) is 0 Å². The normalized spacial score (nSPS) is 25.5. The molecule has 0 bridgehead atoms. The Morgan fingerprint density at radius 1 is 1.10 bits per heavy atom. The zero-order valence-electron chi connectivity index (χ0n) is 18.1. The van der Waals surface area contributed by atoms with E-state index >= 15 is 0 Å². The van der Waals surface area contributed by atoms with Crippen molar-refractivity contribution in [1.29, 1.82) is 0 Å². The molecule has 0 saturated carbocycles. The van der Waals surface area contributed by atoms with Crippen molar-refractivity contribution in [3.05, 3.63) is 64.7 Å². The minimum atomic E-state index is -1.17. The number of nitrogens with one attached hydrogen (secondary N) is 1. The first kappa shape index (κ1) is 19.8. The van der Waals surface area contributed by atoms with Crippen LogP contribution in [-0.4, -0.2) is 34.8 Å². The van der Waals surface area contributed by atoms with Gasteiger partial charge in [-0.25, -0.2) is 9.69 Å². The van der Waals surface area contributed by atoms with E-state index in [1.165, 1.54) is 11.1 Å². The number of hydrogen-bond acceptors (Lipinski definition) is 3. The van der Waals surface area contributed by atoms with Gasteiger partial charge in [-0.2, -0.15) is 0 Å². The highest BCUT2D eigenvalue weighted by Crippen LogP contribution is 2.36. The van der Waals surface area contributed by atoms with Crippen molar-refractivity contribution >= 4 is 23.5 Å². The fraction of sp³-hybridized carbons (Fsp3) is 0.400. The number of benzene rings is 2. The number of amides is 4. The number of aryl methyl sites for hydroxylation is 2. The van der Waals surface area contributed by atoms with Gasteiger partial charge in [0.2, 0.25) is 5.91 Å². The molecule has 6 nitrogen and oxygen atoms in total. The Morgan fingerprint density at radius 2 is 1.84 bits per heavy atom. The van der Waals surface area contributed by atoms with E-state index in [9.17, 15) is 14.4 Å². The molecule has 1 fully saturated rings. The van der Waals surface area contributed by atoms with Crippen LogP contribution in [0.1, 0.15) is 49.4 Å². The molecule has 2 aliphatic heterocycles. The van der Waals surface area contributed by atoms with Gasteiger partial charge in [-0.15, -0.1) is 0 Å². The molecule has 1 aliphatic carbocycles. The summed E-state index contributed by atoms with van der Waals surface area (Å²) in [6.07, 6.45) is 3.93. The van der Waals surface area contributed by atoms with Crippen LogP contribution in [0.3, 0.4) is 0 Å². The Labute approximate surface area is 182 Å². The third-order valence-electron chi connectivity index (χ3n) is 7.09. The average molecular weight is 418 g/mol. The molecule has 1 saturated heterocycles. The zero-order chi connectivity index (χ0) is 21.9. The van der Waals surface area contributed by atoms with Crippen molar-refractivity contribution < 1.29 is 14.4 Å². The largest absolute Gasteiger partial charge is 0.326 e. The lowest BCUT2D eigenvalue weighted by Gasteiger charge is -2.30. The van der Waals surface area contributed by atoms with Crippen LogP contribution >= 0.6 is 0 Å². The maximum absolute atomic E-state index is 13.5. The number of carbonyl (C=O) groups is 3. The highest BCUT2D eigenvalue weighted by atomic mass is 16.2. The van der Waals surface area contributed by atoms with Crippen molar-refractivity contribution in [3.63, 3.8) is 0 Å². The molecule has 3 aliphatic rings. The van der Waals surface area contributed by atoms with Crippen LogP contribution in [0.15, 0.2) is 42.5 Å². The Hall–Kier alpha value is -3.15. The van der Waals surface area contributed by atoms with Gasteiger partial charge < -0.3 is 10.2 Å². The molecule has 160 valence electrons. The third kappa shape index (κ3) is 2.88. The van der Waals surface area contributed by atoms with Crippen molar-refractivity contribution in [3.8, 4) is 0 Å². The summed E-state index contributed by atoms with van der Waals surface area (Å²) in [5.74, 6) is -0.615. The van der Waals surface area contributed by atoms with Gasteiger partial charge in [-0.3, -0.25) is 9.59 Å². The van der Waals surface area contributed by atoms with Crippen molar-refractivity contribution in [2.45, 2.75) is 64.1 Å². The smallest absolute Gasteiger partial charge is 0.319 e. The molecule has 6 heteroatoms. The van der Waals surface area contributed by atoms with E-state index in [2.05, 4.69) is 11.4 Å². The summed E-state index contributed by atoms with van der Waals surface area (Å²) >= 11 is 0. The second kappa shape index (κ2) is 6.94. The molecule has 0 aromatic heterocycles. The number of urea groups is 1. The Kier molecular flexibility index (Phi) is 4.43. The SMILES string of the molecule is C[C@H](C(=O)N1c2ccccc2C[C@@H]1C)N1C(=O)N[C@@](C)(c2ccc3c(c2)CCC3)C1=O. The number of fused-ring (bicyclic) bond motifs is 2. The summed E-state index contributed by atoms with van der Waals surface area (Å²) in [5.41, 5.74) is 4.12. The standard InChI is InChI=1S/C25H27N3O3/c1-15-13-19-7-4-5-10-21(19)27(15)22(29)16(2)28-23(30)25(3,26-24(28)31)20-12-11-17-8-6-9-18(17)14-20/h4-5,7,10-12,14-16H,6,8-9,13H2,1-3H3,(H,26,31)/t15-,16+,25-/m0/s1. The molecule has 5 rings (SSSR count). The summed E-state index contributed by atoms with van der Waals surface area (Å²) in [5, 5.41) is 2.86. The summed E-state index contributed by atoms with van der Waals surface area (Å²) < 4.78 is 0. The van der Waals surface area contributed by atoms with Gasteiger partial charge in [-0.1, -0.05) is 36.4 Å². The number of imide groups is 1. The number of nitrogens with zero attached hydrogens (tertiary/aromatic N) is 2. The summed E-state index contributed by atoms with van der Waals surface area (Å²) in [6, 6.07) is 12.4. The zero-order valence-corrected chi connectivity index (χ0v) is 18.1. The van der Waals surface area contributed by atoms with E-state index in [0.717, 1.165) is 47.4 Å². The number of anilines is 1. The van der Waals surface area contributed by atoms with Gasteiger partial charge in [-0.05, 0) is 74.8 Å². The van der Waals surface area contributed by atoms with Gasteiger partial charge in [0.1, 0.15) is 11.6 Å². The van der Waals surface area contributed by atoms with E-state index in [1.807, 2.05) is 43.3 Å². The quantitative estimate of drug-likeness (QED) is 0.779. The van der Waals surface area contributed by atoms with Gasteiger partial charge in [0, 0.05) is 11.7 Å². The molecule has 2 heterocycles. The van der Waals surface area contributed by atoms with E-state index < -0.39 is 17.6 Å². The third-order valence-corrected chi connectivity index (χ3v) is 7.09. The molecule has 4 amide bonds. The predicted octanol–water partition coefficient (Wildman–Crippen LogP) is 3.31. The van der Waals surface area contributed by atoms with Crippen LogP contribution in [-0.2, 0) is 34.4 Å². The Balaban J connectivity index is 1.44. The Bertz CT molecular complexity index is 1110. The first-order valence-electron chi connectivity index (χ1n) is 11.0. The van der Waals surface area contributed by atoms with Crippen LogP contribution in [0, 0.1) is 0 Å². The highest BCUT2D eigenvalue weighted by molar-refractivity contribution is 6.12. The van der Waals surface area contributed by atoms with E-state index in [1.54, 1.807) is 18.7 Å². The topological polar surface area (TPSA) is 69.7 Å². The fourth-order valence-electron chi connectivity index (χ4n) is 5.30. The number of para-hydroxylation sites is 1. The first-order chi connectivity index (χ1) is 14.8. The lowest BCUT2D eigenvalue weighted by molar-refractivity contribution is -0.137. The molecule has 0 unspecified atom stereocenters. The van der Waals surface area contributed by atoms with Crippen LogP contribution in [0.4, 0.5) is 10.5 Å². The minimum absolute atomic E-state index is 0.0174. The molecule has 0 radical (unpaired) electrons. The monoisotopic (exact) mass is 417 g/mol.